The summed E-state index contributed by atoms with van der Waals surface area (Å²) < 4.78 is 16.4. The average Bonchev–Trinajstić information content (AvgIpc) is 3.59. The Labute approximate surface area is 195 Å². The van der Waals surface area contributed by atoms with Gasteiger partial charge in [-0.3, -0.25) is 10.0 Å². The topological polar surface area (TPSA) is 138 Å². The molecular formula is C25H24N2O7. The second kappa shape index (κ2) is 10.0. The Balaban J connectivity index is 1.46. The van der Waals surface area contributed by atoms with E-state index in [2.05, 4.69) is 4.98 Å². The number of aliphatic hydroxyl groups excluding tert-OH is 2. The number of benzene rings is 2. The summed E-state index contributed by atoms with van der Waals surface area (Å²) in [7, 11) is 0. The standard InChI is InChI=1S/C25H24N2O7/c1-25(24(30)27-31,23(29)21-11-10-20(13-28)34-21)33-14-16-2-4-17(5-3-16)18-6-8-19(9-7-18)22-12-26-15-32-22/h2-12,15,23,28-29,31H,13-14H2,1H3,(H,27,30)/t23-,25-/m0/s1. The second-order valence-corrected chi connectivity index (χ2v) is 7.84. The van der Waals surface area contributed by atoms with Crippen LogP contribution in [0.5, 0.6) is 0 Å². The Morgan fingerprint density at radius 1 is 1.06 bits per heavy atom. The Bertz CT molecular complexity index is 1220. The number of aromatic nitrogens is 1. The predicted octanol–water partition coefficient (Wildman–Crippen LogP) is 3.61. The molecule has 0 aliphatic heterocycles. The number of amides is 1. The van der Waals surface area contributed by atoms with Gasteiger partial charge in [0.2, 0.25) is 0 Å². The summed E-state index contributed by atoms with van der Waals surface area (Å²) in [5.74, 6) is 0.00766. The zero-order valence-electron chi connectivity index (χ0n) is 18.3. The molecule has 176 valence electrons. The Kier molecular flexibility index (Phi) is 6.90. The van der Waals surface area contributed by atoms with Gasteiger partial charge in [0.05, 0.1) is 12.8 Å². The molecule has 34 heavy (non-hydrogen) atoms. The van der Waals surface area contributed by atoms with Crippen LogP contribution in [0.3, 0.4) is 0 Å². The molecule has 0 fully saturated rings. The van der Waals surface area contributed by atoms with Gasteiger partial charge in [-0.25, -0.2) is 10.5 Å². The van der Waals surface area contributed by atoms with Crippen LogP contribution in [0, 0.1) is 0 Å². The fourth-order valence-electron chi connectivity index (χ4n) is 3.49. The zero-order valence-corrected chi connectivity index (χ0v) is 18.3. The molecule has 0 aliphatic carbocycles. The average molecular weight is 464 g/mol. The smallest absolute Gasteiger partial charge is 0.278 e. The molecule has 4 aromatic rings. The molecule has 0 spiro atoms. The third-order valence-electron chi connectivity index (χ3n) is 5.61. The van der Waals surface area contributed by atoms with E-state index >= 15 is 0 Å². The van der Waals surface area contributed by atoms with E-state index in [1.807, 2.05) is 48.5 Å². The van der Waals surface area contributed by atoms with Crippen molar-refractivity contribution in [2.45, 2.75) is 31.8 Å². The van der Waals surface area contributed by atoms with Crippen molar-refractivity contribution in [1.29, 1.82) is 0 Å². The third kappa shape index (κ3) is 4.78. The molecule has 0 radical (unpaired) electrons. The first-order chi connectivity index (χ1) is 16.4. The number of furan rings is 1. The minimum Gasteiger partial charge on any atom is -0.461 e. The Morgan fingerprint density at radius 2 is 1.71 bits per heavy atom. The molecule has 0 aliphatic rings. The van der Waals surface area contributed by atoms with Crippen molar-refractivity contribution in [2.24, 2.45) is 0 Å². The highest BCUT2D eigenvalue weighted by molar-refractivity contribution is 5.84. The summed E-state index contributed by atoms with van der Waals surface area (Å²) >= 11 is 0. The molecule has 1 amide bonds. The number of carbonyl (C=O) groups excluding carboxylic acids is 1. The number of hydrogen-bond donors (Lipinski definition) is 4. The van der Waals surface area contributed by atoms with Crippen LogP contribution in [0.1, 0.15) is 30.1 Å². The lowest BCUT2D eigenvalue weighted by Crippen LogP contribution is -2.49. The van der Waals surface area contributed by atoms with E-state index in [4.69, 9.17) is 13.6 Å². The number of hydrogen-bond acceptors (Lipinski definition) is 8. The van der Waals surface area contributed by atoms with Crippen LogP contribution in [0.15, 0.2) is 82.1 Å². The number of rotatable bonds is 9. The van der Waals surface area contributed by atoms with Gasteiger partial charge in [-0.1, -0.05) is 48.5 Å². The van der Waals surface area contributed by atoms with Gasteiger partial charge in [-0.15, -0.1) is 0 Å². The second-order valence-electron chi connectivity index (χ2n) is 7.84. The van der Waals surface area contributed by atoms with Crippen LogP contribution in [-0.4, -0.2) is 31.9 Å². The number of nitrogens with zero attached hydrogens (tertiary/aromatic N) is 1. The van der Waals surface area contributed by atoms with Crippen LogP contribution in [0.4, 0.5) is 0 Å². The summed E-state index contributed by atoms with van der Waals surface area (Å²) in [6, 6.07) is 18.3. The monoisotopic (exact) mass is 464 g/mol. The van der Waals surface area contributed by atoms with E-state index in [9.17, 15) is 20.2 Å². The van der Waals surface area contributed by atoms with Gasteiger partial charge >= 0.3 is 0 Å². The number of ether oxygens (including phenoxy) is 1. The van der Waals surface area contributed by atoms with E-state index < -0.39 is 17.6 Å². The summed E-state index contributed by atoms with van der Waals surface area (Å²) in [4.78, 5) is 16.3. The van der Waals surface area contributed by atoms with Gasteiger partial charge in [-0.2, -0.15) is 0 Å². The molecule has 0 bridgehead atoms. The molecule has 2 aromatic carbocycles. The maximum Gasteiger partial charge on any atom is 0.278 e. The zero-order chi connectivity index (χ0) is 24.1. The molecular weight excluding hydrogens is 440 g/mol. The first kappa shape index (κ1) is 23.4. The van der Waals surface area contributed by atoms with Crippen molar-refractivity contribution in [3.05, 3.63) is 90.3 Å². The highest BCUT2D eigenvalue weighted by Crippen LogP contribution is 2.32. The highest BCUT2D eigenvalue weighted by Gasteiger charge is 2.44. The number of aliphatic hydroxyl groups is 2. The lowest BCUT2D eigenvalue weighted by Gasteiger charge is -2.31. The normalized spacial score (nSPS) is 13.9. The van der Waals surface area contributed by atoms with E-state index in [1.165, 1.54) is 30.9 Å². The van der Waals surface area contributed by atoms with Crippen molar-refractivity contribution in [2.75, 3.05) is 0 Å². The van der Waals surface area contributed by atoms with Crippen molar-refractivity contribution < 1.29 is 33.8 Å². The molecule has 4 N–H and O–H groups in total. The first-order valence-corrected chi connectivity index (χ1v) is 10.5. The lowest BCUT2D eigenvalue weighted by atomic mass is 9.95. The Hall–Kier alpha value is -3.76. The number of carbonyl (C=O) groups is 1. The van der Waals surface area contributed by atoms with Crippen molar-refractivity contribution >= 4 is 5.91 Å². The summed E-state index contributed by atoms with van der Waals surface area (Å²) in [6.45, 7) is 0.972. The van der Waals surface area contributed by atoms with Crippen LogP contribution in [0.25, 0.3) is 22.5 Å². The molecule has 9 nitrogen and oxygen atoms in total. The van der Waals surface area contributed by atoms with Crippen molar-refractivity contribution in [3.63, 3.8) is 0 Å². The van der Waals surface area contributed by atoms with Crippen LogP contribution < -0.4 is 5.48 Å². The quantitative estimate of drug-likeness (QED) is 0.218. The minimum absolute atomic E-state index is 0.0146. The van der Waals surface area contributed by atoms with Gasteiger partial charge in [0.15, 0.2) is 17.8 Å². The Morgan fingerprint density at radius 3 is 2.26 bits per heavy atom. The fourth-order valence-corrected chi connectivity index (χ4v) is 3.49. The van der Waals surface area contributed by atoms with Crippen molar-refractivity contribution in [1.82, 2.24) is 10.5 Å². The minimum atomic E-state index is -1.85. The molecule has 2 heterocycles. The number of hydroxylamine groups is 1. The van der Waals surface area contributed by atoms with Crippen LogP contribution in [0.2, 0.25) is 0 Å². The van der Waals surface area contributed by atoms with Gasteiger partial charge in [0.25, 0.3) is 5.91 Å². The van der Waals surface area contributed by atoms with E-state index in [1.54, 1.807) is 6.20 Å². The van der Waals surface area contributed by atoms with Gasteiger partial charge in [-0.05, 0) is 35.7 Å². The van der Waals surface area contributed by atoms with Crippen LogP contribution >= 0.6 is 0 Å². The van der Waals surface area contributed by atoms with E-state index in [-0.39, 0.29) is 24.7 Å². The largest absolute Gasteiger partial charge is 0.461 e. The van der Waals surface area contributed by atoms with Crippen molar-refractivity contribution in [3.8, 4) is 22.5 Å². The SMILES string of the molecule is C[C@@](OCc1ccc(-c2ccc(-c3cnco3)cc2)cc1)(C(=O)NO)[C@@H](O)c1ccc(CO)o1. The molecule has 0 saturated carbocycles. The van der Waals surface area contributed by atoms with E-state index in [0.717, 1.165) is 22.3 Å². The fraction of sp³-hybridized carbons (Fsp3) is 0.200. The molecule has 0 unspecified atom stereocenters. The molecule has 2 aromatic heterocycles. The summed E-state index contributed by atoms with van der Waals surface area (Å²) in [6.07, 6.45) is 1.52. The molecule has 9 heteroatoms. The van der Waals surface area contributed by atoms with Gasteiger partial charge in [0, 0.05) is 5.56 Å². The van der Waals surface area contributed by atoms with Gasteiger partial charge < -0.3 is 23.8 Å². The summed E-state index contributed by atoms with van der Waals surface area (Å²) in [5, 5.41) is 29.1. The summed E-state index contributed by atoms with van der Waals surface area (Å²) in [5.41, 5.74) is 3.35. The predicted molar refractivity (Wildman–Crippen MR) is 120 cm³/mol. The highest BCUT2D eigenvalue weighted by atomic mass is 16.5. The number of oxazole rings is 1. The molecule has 2 atom stereocenters. The maximum atomic E-state index is 12.4. The number of nitrogens with one attached hydrogen (secondary N) is 1. The first-order valence-electron chi connectivity index (χ1n) is 10.5. The maximum absolute atomic E-state index is 12.4. The molecule has 4 rings (SSSR count). The van der Waals surface area contributed by atoms with Gasteiger partial charge in [0.1, 0.15) is 24.2 Å². The molecule has 0 saturated heterocycles. The van der Waals surface area contributed by atoms with Crippen LogP contribution in [-0.2, 0) is 22.7 Å². The van der Waals surface area contributed by atoms with E-state index in [0.29, 0.717) is 5.76 Å². The lowest BCUT2D eigenvalue weighted by molar-refractivity contribution is -0.175. The third-order valence-corrected chi connectivity index (χ3v) is 5.61.